The maximum absolute atomic E-state index is 15.0. The first-order valence-electron chi connectivity index (χ1n) is 16.8. The Bertz CT molecular complexity index is 2650. The van der Waals surface area contributed by atoms with Crippen molar-refractivity contribution in [2.45, 2.75) is 0 Å². The highest BCUT2D eigenvalue weighted by Gasteiger charge is 2.30. The van der Waals surface area contributed by atoms with Crippen LogP contribution in [0.2, 0.25) is 0 Å². The smallest absolute Gasteiger partial charge is 0.171 e. The molecule has 0 spiro atoms. The van der Waals surface area contributed by atoms with E-state index >= 15 is 0 Å². The Kier molecular flexibility index (Phi) is 7.68. The van der Waals surface area contributed by atoms with Gasteiger partial charge in [0.1, 0.15) is 11.3 Å². The normalized spacial score (nSPS) is 11.6. The fraction of sp³-hybridized carbons (Fsp3) is 0. The number of pyridine rings is 3. The van der Waals surface area contributed by atoms with Crippen LogP contribution in [0.25, 0.3) is 67.0 Å². The summed E-state index contributed by atoms with van der Waals surface area (Å²) in [6, 6.07) is 55.8. The zero-order valence-electron chi connectivity index (χ0n) is 27.4. The first kappa shape index (κ1) is 30.6. The molecule has 4 heterocycles. The standard InChI is InChI=1S/C45H30N3O2P/c49-51(34-16-3-1-4-17-34,35-18-5-2-6-19-35)36-26-24-31(25-27-36)32-14-13-15-33(30-32)43-42-41(39-22-9-11-28-46-39)45(40-23-10-12-29-47-40)50-44(42)37-20-7-8-21-38(37)48-43/h1-30H. The second-order valence-electron chi connectivity index (χ2n) is 12.3. The highest BCUT2D eigenvalue weighted by molar-refractivity contribution is 7.85. The molecule has 0 amide bonds. The molecular weight excluding hydrogens is 645 g/mol. The predicted molar refractivity (Wildman–Crippen MR) is 208 cm³/mol. The SMILES string of the molecule is O=P(c1ccccc1)(c1ccccc1)c1ccc(-c2cccc(-c3nc4ccccc4c4oc(-c5ccccn5)c(-c5ccccn5)c34)c2)cc1. The topological polar surface area (TPSA) is 68.9 Å². The summed E-state index contributed by atoms with van der Waals surface area (Å²) in [6.07, 6.45) is 3.57. The lowest BCUT2D eigenvalue weighted by atomic mass is 9.96. The quantitative estimate of drug-likeness (QED) is 0.157. The zero-order valence-corrected chi connectivity index (χ0v) is 28.3. The number of aromatic nitrogens is 3. The molecule has 0 aliphatic heterocycles. The molecule has 0 aliphatic rings. The van der Waals surface area contributed by atoms with E-state index in [4.69, 9.17) is 14.4 Å². The summed E-state index contributed by atoms with van der Waals surface area (Å²) in [5.74, 6) is 0.650. The molecule has 4 aromatic heterocycles. The van der Waals surface area contributed by atoms with Crippen LogP contribution < -0.4 is 15.9 Å². The highest BCUT2D eigenvalue weighted by Crippen LogP contribution is 2.46. The van der Waals surface area contributed by atoms with Crippen LogP contribution in [0.15, 0.2) is 187 Å². The van der Waals surface area contributed by atoms with Gasteiger partial charge in [-0.25, -0.2) is 4.98 Å². The molecule has 0 aliphatic carbocycles. The molecule has 0 N–H and O–H groups in total. The molecule has 0 saturated carbocycles. The first-order valence-corrected chi connectivity index (χ1v) is 18.5. The number of benzene rings is 5. The molecule has 0 radical (unpaired) electrons. The molecule has 5 aromatic carbocycles. The maximum atomic E-state index is 15.0. The van der Waals surface area contributed by atoms with E-state index in [1.54, 1.807) is 12.4 Å². The van der Waals surface area contributed by atoms with Gasteiger partial charge in [-0.15, -0.1) is 0 Å². The van der Waals surface area contributed by atoms with Crippen LogP contribution in [0, 0.1) is 0 Å². The van der Waals surface area contributed by atoms with Crippen molar-refractivity contribution in [3.63, 3.8) is 0 Å². The van der Waals surface area contributed by atoms with E-state index in [0.29, 0.717) is 5.76 Å². The number of rotatable bonds is 7. The van der Waals surface area contributed by atoms with Crippen molar-refractivity contribution in [3.05, 3.63) is 182 Å². The average Bonchev–Trinajstić information content (AvgIpc) is 3.63. The van der Waals surface area contributed by atoms with Crippen LogP contribution in [-0.2, 0) is 4.57 Å². The number of fused-ring (bicyclic) bond motifs is 3. The molecule has 0 bridgehead atoms. The Hall–Kier alpha value is -6.42. The molecule has 5 nitrogen and oxygen atoms in total. The summed E-state index contributed by atoms with van der Waals surface area (Å²) >= 11 is 0. The third-order valence-electron chi connectivity index (χ3n) is 9.28. The second-order valence-corrected chi connectivity index (χ2v) is 15.1. The van der Waals surface area contributed by atoms with Gasteiger partial charge in [0.25, 0.3) is 0 Å². The summed E-state index contributed by atoms with van der Waals surface area (Å²) in [6.45, 7) is 0. The Morgan fingerprint density at radius 2 is 1.08 bits per heavy atom. The lowest BCUT2D eigenvalue weighted by Gasteiger charge is -2.20. The van der Waals surface area contributed by atoms with E-state index in [2.05, 4.69) is 41.4 Å². The Balaban J connectivity index is 1.21. The minimum Gasteiger partial charge on any atom is -0.453 e. The number of furan rings is 1. The number of nitrogens with zero attached hydrogens (tertiary/aromatic N) is 3. The van der Waals surface area contributed by atoms with Gasteiger partial charge in [0, 0.05) is 39.3 Å². The van der Waals surface area contributed by atoms with Crippen LogP contribution >= 0.6 is 7.14 Å². The summed E-state index contributed by atoms with van der Waals surface area (Å²) < 4.78 is 21.7. The van der Waals surface area contributed by atoms with Crippen molar-refractivity contribution in [3.8, 4) is 45.1 Å². The fourth-order valence-corrected chi connectivity index (χ4v) is 9.51. The van der Waals surface area contributed by atoms with Gasteiger partial charge in [-0.3, -0.25) is 9.97 Å². The highest BCUT2D eigenvalue weighted by atomic mass is 31.2. The number of para-hydroxylation sites is 1. The molecular formula is C45H30N3O2P. The van der Waals surface area contributed by atoms with Gasteiger partial charge in [-0.05, 0) is 53.6 Å². The van der Waals surface area contributed by atoms with Crippen molar-refractivity contribution in [1.82, 2.24) is 15.0 Å². The third kappa shape index (κ3) is 5.36. The van der Waals surface area contributed by atoms with Crippen molar-refractivity contribution in [2.75, 3.05) is 0 Å². The minimum absolute atomic E-state index is 0.650. The van der Waals surface area contributed by atoms with Gasteiger partial charge in [0.15, 0.2) is 12.9 Å². The van der Waals surface area contributed by atoms with Gasteiger partial charge in [-0.1, -0.05) is 127 Å². The van der Waals surface area contributed by atoms with E-state index in [9.17, 15) is 4.57 Å². The number of hydrogen-bond donors (Lipinski definition) is 0. The lowest BCUT2D eigenvalue weighted by molar-refractivity contribution is 0.592. The predicted octanol–water partition coefficient (Wildman–Crippen LogP) is 10.1. The molecule has 0 atom stereocenters. The van der Waals surface area contributed by atoms with Crippen LogP contribution in [0.5, 0.6) is 0 Å². The summed E-state index contributed by atoms with van der Waals surface area (Å²) in [7, 11) is -3.09. The molecule has 9 rings (SSSR count). The Morgan fingerprint density at radius 1 is 0.490 bits per heavy atom. The minimum atomic E-state index is -3.09. The monoisotopic (exact) mass is 675 g/mol. The van der Waals surface area contributed by atoms with Gasteiger partial charge < -0.3 is 8.98 Å². The Morgan fingerprint density at radius 3 is 1.75 bits per heavy atom. The van der Waals surface area contributed by atoms with Gasteiger partial charge in [0.2, 0.25) is 0 Å². The molecule has 51 heavy (non-hydrogen) atoms. The van der Waals surface area contributed by atoms with Crippen molar-refractivity contribution in [2.24, 2.45) is 0 Å². The Labute approximate surface area is 295 Å². The van der Waals surface area contributed by atoms with Gasteiger partial charge >= 0.3 is 0 Å². The van der Waals surface area contributed by atoms with Crippen molar-refractivity contribution >= 4 is 44.9 Å². The molecule has 0 fully saturated rings. The van der Waals surface area contributed by atoms with Crippen LogP contribution in [0.1, 0.15) is 0 Å². The second kappa shape index (κ2) is 12.8. The summed E-state index contributed by atoms with van der Waals surface area (Å²) in [4.78, 5) is 14.7. The van der Waals surface area contributed by atoms with Crippen LogP contribution in [0.4, 0.5) is 0 Å². The number of hydrogen-bond acceptors (Lipinski definition) is 5. The van der Waals surface area contributed by atoms with E-state index in [1.807, 2.05) is 133 Å². The lowest BCUT2D eigenvalue weighted by Crippen LogP contribution is -2.24. The molecule has 9 aromatic rings. The van der Waals surface area contributed by atoms with Gasteiger partial charge in [-0.2, -0.15) is 0 Å². The van der Waals surface area contributed by atoms with Crippen LogP contribution in [-0.4, -0.2) is 15.0 Å². The fourth-order valence-electron chi connectivity index (χ4n) is 6.86. The molecule has 6 heteroatoms. The third-order valence-corrected chi connectivity index (χ3v) is 12.4. The average molecular weight is 676 g/mol. The first-order chi connectivity index (χ1) is 25.2. The zero-order chi connectivity index (χ0) is 34.2. The van der Waals surface area contributed by atoms with E-state index in [-0.39, 0.29) is 0 Å². The summed E-state index contributed by atoms with van der Waals surface area (Å²) in [5, 5.41) is 4.21. The van der Waals surface area contributed by atoms with E-state index in [0.717, 1.165) is 77.1 Å². The summed E-state index contributed by atoms with van der Waals surface area (Å²) in [5.41, 5.74) is 7.70. The maximum Gasteiger partial charge on any atom is 0.171 e. The molecule has 0 unspecified atom stereocenters. The van der Waals surface area contributed by atoms with Gasteiger partial charge in [0.05, 0.1) is 27.9 Å². The van der Waals surface area contributed by atoms with Crippen LogP contribution in [0.3, 0.4) is 0 Å². The molecule has 242 valence electrons. The molecule has 0 saturated heterocycles. The van der Waals surface area contributed by atoms with Crippen molar-refractivity contribution in [1.29, 1.82) is 0 Å². The van der Waals surface area contributed by atoms with E-state index in [1.165, 1.54) is 0 Å². The largest absolute Gasteiger partial charge is 0.453 e. The van der Waals surface area contributed by atoms with E-state index < -0.39 is 7.14 Å². The van der Waals surface area contributed by atoms with Crippen molar-refractivity contribution < 1.29 is 8.98 Å².